The van der Waals surface area contributed by atoms with E-state index in [1.165, 1.54) is 57.8 Å². The molecule has 0 aliphatic carbocycles. The van der Waals surface area contributed by atoms with Gasteiger partial charge in [-0.25, -0.2) is 0 Å². The number of unbranched alkanes of at least 4 members (excludes halogenated alkanes) is 8. The zero-order valence-corrected chi connectivity index (χ0v) is 13.7. The van der Waals surface area contributed by atoms with E-state index in [1.54, 1.807) is 6.92 Å². The fourth-order valence-electron chi connectivity index (χ4n) is 2.19. The fourth-order valence-corrected chi connectivity index (χ4v) is 2.19. The molecule has 116 valence electrons. The van der Waals surface area contributed by atoms with Gasteiger partial charge >= 0.3 is 0 Å². The van der Waals surface area contributed by atoms with E-state index in [-0.39, 0.29) is 0 Å². The Morgan fingerprint density at radius 1 is 0.750 bits per heavy atom. The third-order valence-electron chi connectivity index (χ3n) is 3.48. The third-order valence-corrected chi connectivity index (χ3v) is 3.48. The summed E-state index contributed by atoms with van der Waals surface area (Å²) in [4.78, 5) is 10.8. The van der Waals surface area contributed by atoms with E-state index < -0.39 is 0 Å². The Bertz CT molecular complexity index is 263. The number of carbonyl (C=O) groups is 1. The van der Waals surface area contributed by atoms with Crippen molar-refractivity contribution in [2.24, 2.45) is 0 Å². The summed E-state index contributed by atoms with van der Waals surface area (Å²) < 4.78 is 0. The van der Waals surface area contributed by atoms with Gasteiger partial charge in [0.05, 0.1) is 0 Å². The molecule has 0 amide bonds. The van der Waals surface area contributed by atoms with Crippen LogP contribution in [0, 0.1) is 0 Å². The van der Waals surface area contributed by atoms with Crippen molar-refractivity contribution in [1.29, 1.82) is 0 Å². The highest BCUT2D eigenvalue weighted by molar-refractivity contribution is 5.75. The van der Waals surface area contributed by atoms with Crippen LogP contribution >= 0.6 is 0 Å². The van der Waals surface area contributed by atoms with Crippen molar-refractivity contribution in [2.75, 3.05) is 0 Å². The van der Waals surface area contributed by atoms with E-state index in [9.17, 15) is 4.79 Å². The van der Waals surface area contributed by atoms with E-state index in [0.717, 1.165) is 19.3 Å². The van der Waals surface area contributed by atoms with Crippen LogP contribution < -0.4 is 0 Å². The molecule has 0 aliphatic rings. The molecule has 0 saturated heterocycles. The Labute approximate surface area is 126 Å². The molecule has 0 atom stereocenters. The molecule has 0 unspecified atom stereocenters. The lowest BCUT2D eigenvalue weighted by molar-refractivity contribution is -0.117. The summed E-state index contributed by atoms with van der Waals surface area (Å²) in [6.07, 6.45) is 23.6. The van der Waals surface area contributed by atoms with Crippen molar-refractivity contribution < 1.29 is 4.79 Å². The number of hydrogen-bond acceptors (Lipinski definition) is 1. The zero-order valence-electron chi connectivity index (χ0n) is 13.7. The molecule has 1 nitrogen and oxygen atoms in total. The zero-order chi connectivity index (χ0) is 14.9. The van der Waals surface area contributed by atoms with Crippen molar-refractivity contribution in [1.82, 2.24) is 0 Å². The molecule has 0 aromatic heterocycles. The van der Waals surface area contributed by atoms with Crippen molar-refractivity contribution in [3.05, 3.63) is 24.3 Å². The molecule has 0 aliphatic heterocycles. The van der Waals surface area contributed by atoms with Gasteiger partial charge < -0.3 is 4.79 Å². The Balaban J connectivity index is 3.17. The lowest BCUT2D eigenvalue weighted by atomic mass is 10.1. The average Bonchev–Trinajstić information content (AvgIpc) is 2.43. The Kier molecular flexibility index (Phi) is 15.5. The second-order valence-corrected chi connectivity index (χ2v) is 5.68. The van der Waals surface area contributed by atoms with Crippen LogP contribution in [0.5, 0.6) is 0 Å². The Morgan fingerprint density at radius 3 is 1.90 bits per heavy atom. The summed E-state index contributed by atoms with van der Waals surface area (Å²) in [7, 11) is 0. The summed E-state index contributed by atoms with van der Waals surface area (Å²) in [6.45, 7) is 3.93. The topological polar surface area (TPSA) is 17.1 Å². The number of hydrogen-bond donors (Lipinski definition) is 0. The van der Waals surface area contributed by atoms with Crippen LogP contribution in [0.15, 0.2) is 24.3 Å². The highest BCUT2D eigenvalue weighted by Gasteiger charge is 1.93. The third kappa shape index (κ3) is 17.2. The molecule has 0 N–H and O–H groups in total. The SMILES string of the molecule is CCCCC/C=C\C/C=C\CCCCCCCC(C)=O. The summed E-state index contributed by atoms with van der Waals surface area (Å²) in [5, 5.41) is 0. The van der Waals surface area contributed by atoms with Gasteiger partial charge in [-0.05, 0) is 45.4 Å². The number of rotatable bonds is 14. The summed E-state index contributed by atoms with van der Waals surface area (Å²) in [5.41, 5.74) is 0. The summed E-state index contributed by atoms with van der Waals surface area (Å²) in [6, 6.07) is 0. The predicted octanol–water partition coefficient (Wildman–Crippen LogP) is 6.39. The first kappa shape index (κ1) is 19.1. The predicted molar refractivity (Wildman–Crippen MR) is 90.0 cm³/mol. The minimum atomic E-state index is 0.329. The van der Waals surface area contributed by atoms with Crippen LogP contribution in [0.2, 0.25) is 0 Å². The largest absolute Gasteiger partial charge is 0.300 e. The first-order valence-electron chi connectivity index (χ1n) is 8.56. The summed E-state index contributed by atoms with van der Waals surface area (Å²) >= 11 is 0. The lowest BCUT2D eigenvalue weighted by Crippen LogP contribution is -1.89. The molecule has 0 bridgehead atoms. The molecule has 0 aromatic carbocycles. The Hall–Kier alpha value is -0.850. The quantitative estimate of drug-likeness (QED) is 0.266. The number of ketones is 1. The second kappa shape index (κ2) is 16.2. The maximum Gasteiger partial charge on any atom is 0.129 e. The maximum absolute atomic E-state index is 10.8. The average molecular weight is 278 g/mol. The molecule has 0 fully saturated rings. The van der Waals surface area contributed by atoms with Gasteiger partial charge in [0.25, 0.3) is 0 Å². The monoisotopic (exact) mass is 278 g/mol. The highest BCUT2D eigenvalue weighted by atomic mass is 16.1. The molecule has 20 heavy (non-hydrogen) atoms. The molecule has 0 saturated carbocycles. The van der Waals surface area contributed by atoms with Gasteiger partial charge in [0.2, 0.25) is 0 Å². The van der Waals surface area contributed by atoms with Crippen LogP contribution in [-0.2, 0) is 4.79 Å². The number of carbonyl (C=O) groups excluding carboxylic acids is 1. The molecule has 0 heterocycles. The van der Waals surface area contributed by atoms with Gasteiger partial charge in [-0.2, -0.15) is 0 Å². The van der Waals surface area contributed by atoms with Gasteiger partial charge in [-0.3, -0.25) is 0 Å². The van der Waals surface area contributed by atoms with E-state index in [0.29, 0.717) is 5.78 Å². The van der Waals surface area contributed by atoms with Gasteiger partial charge in [-0.15, -0.1) is 0 Å². The molecular formula is C19H34O. The van der Waals surface area contributed by atoms with E-state index >= 15 is 0 Å². The smallest absolute Gasteiger partial charge is 0.129 e. The maximum atomic E-state index is 10.8. The van der Waals surface area contributed by atoms with Gasteiger partial charge in [0.1, 0.15) is 5.78 Å². The van der Waals surface area contributed by atoms with Crippen LogP contribution in [0.3, 0.4) is 0 Å². The van der Waals surface area contributed by atoms with Crippen LogP contribution in [-0.4, -0.2) is 5.78 Å². The van der Waals surface area contributed by atoms with Gasteiger partial charge in [0, 0.05) is 6.42 Å². The van der Waals surface area contributed by atoms with Gasteiger partial charge in [0.15, 0.2) is 0 Å². The minimum absolute atomic E-state index is 0.329. The van der Waals surface area contributed by atoms with Crippen molar-refractivity contribution >= 4 is 5.78 Å². The number of Topliss-reactive ketones (excluding diaryl/α,β-unsaturated/α-hetero) is 1. The Morgan fingerprint density at radius 2 is 1.30 bits per heavy atom. The first-order valence-corrected chi connectivity index (χ1v) is 8.56. The first-order chi connectivity index (χ1) is 9.77. The van der Waals surface area contributed by atoms with Crippen LogP contribution in [0.4, 0.5) is 0 Å². The molecule has 0 aromatic rings. The fraction of sp³-hybridized carbons (Fsp3) is 0.737. The standard InChI is InChI=1S/C19H34O/c1-3-4-5-6-7-8-9-10-11-12-13-14-15-16-17-18-19(2)20/h7-8,10-11H,3-6,9,12-18H2,1-2H3/b8-7-,11-10-. The lowest BCUT2D eigenvalue weighted by Gasteiger charge is -1.98. The van der Waals surface area contributed by atoms with Gasteiger partial charge in [-0.1, -0.05) is 63.3 Å². The normalized spacial score (nSPS) is 11.7. The second-order valence-electron chi connectivity index (χ2n) is 5.68. The van der Waals surface area contributed by atoms with E-state index in [2.05, 4.69) is 31.2 Å². The molecule has 0 spiro atoms. The summed E-state index contributed by atoms with van der Waals surface area (Å²) in [5.74, 6) is 0.329. The molecule has 0 rings (SSSR count). The van der Waals surface area contributed by atoms with Crippen LogP contribution in [0.25, 0.3) is 0 Å². The minimum Gasteiger partial charge on any atom is -0.300 e. The highest BCUT2D eigenvalue weighted by Crippen LogP contribution is 2.08. The number of allylic oxidation sites excluding steroid dienone is 4. The molecule has 1 heteroatoms. The van der Waals surface area contributed by atoms with Crippen molar-refractivity contribution in [2.45, 2.75) is 90.9 Å². The van der Waals surface area contributed by atoms with Crippen molar-refractivity contribution in [3.63, 3.8) is 0 Å². The molecular weight excluding hydrogens is 244 g/mol. The molecule has 0 radical (unpaired) electrons. The van der Waals surface area contributed by atoms with Crippen molar-refractivity contribution in [3.8, 4) is 0 Å². The van der Waals surface area contributed by atoms with Crippen LogP contribution in [0.1, 0.15) is 90.9 Å². The van der Waals surface area contributed by atoms with E-state index in [1.807, 2.05) is 0 Å². The van der Waals surface area contributed by atoms with E-state index in [4.69, 9.17) is 0 Å².